The number of rotatable bonds is 7. The Hall–Kier alpha value is -1.19. The third kappa shape index (κ3) is 4.41. The highest BCUT2D eigenvalue weighted by Gasteiger charge is 2.61. The maximum Gasteiger partial charge on any atom is 0.309 e. The Balaban J connectivity index is 1.42. The molecule has 9 atom stereocenters. The van der Waals surface area contributed by atoms with Crippen LogP contribution in [0.2, 0.25) is 0 Å². The minimum atomic E-state index is -0.316. The lowest BCUT2D eigenvalue weighted by molar-refractivity contribution is -0.169. The number of Topliss-reactive ketones (excluding diaryl/α,β-unsaturated/α-hetero) is 2. The summed E-state index contributed by atoms with van der Waals surface area (Å²) in [6.07, 6.45) is 11.1. The van der Waals surface area contributed by atoms with Crippen molar-refractivity contribution in [2.45, 2.75) is 118 Å². The van der Waals surface area contributed by atoms with Crippen molar-refractivity contribution in [1.29, 1.82) is 0 Å². The monoisotopic (exact) mass is 472 g/mol. The van der Waals surface area contributed by atoms with Crippen LogP contribution in [0.1, 0.15) is 112 Å². The summed E-state index contributed by atoms with van der Waals surface area (Å²) in [5, 5.41) is 0. The van der Waals surface area contributed by atoms with Crippen LogP contribution in [0.15, 0.2) is 0 Å². The van der Waals surface area contributed by atoms with Gasteiger partial charge in [0.15, 0.2) is 0 Å². The lowest BCUT2D eigenvalue weighted by Crippen LogP contribution is -2.54. The Morgan fingerprint density at radius 1 is 0.912 bits per heavy atom. The Morgan fingerprint density at radius 2 is 1.59 bits per heavy atom. The highest BCUT2D eigenvalue weighted by molar-refractivity contribution is 5.84. The molecule has 0 aromatic rings. The predicted molar refractivity (Wildman–Crippen MR) is 134 cm³/mol. The lowest BCUT2D eigenvalue weighted by atomic mass is 9.44. The van der Waals surface area contributed by atoms with E-state index in [4.69, 9.17) is 4.74 Å². The molecular weight excluding hydrogens is 424 g/mol. The van der Waals surface area contributed by atoms with Gasteiger partial charge < -0.3 is 4.74 Å². The van der Waals surface area contributed by atoms with Crippen LogP contribution in [0.25, 0.3) is 0 Å². The van der Waals surface area contributed by atoms with Gasteiger partial charge in [-0.2, -0.15) is 0 Å². The second kappa shape index (κ2) is 9.69. The summed E-state index contributed by atoms with van der Waals surface area (Å²) >= 11 is 0. The van der Waals surface area contributed by atoms with E-state index in [2.05, 4.69) is 13.8 Å². The molecule has 0 saturated heterocycles. The average molecular weight is 473 g/mol. The Bertz CT molecular complexity index is 802. The van der Waals surface area contributed by atoms with Crippen molar-refractivity contribution in [3.05, 3.63) is 0 Å². The number of hydrogen-bond acceptors (Lipinski definition) is 4. The summed E-state index contributed by atoms with van der Waals surface area (Å²) < 4.78 is 6.09. The molecule has 0 aliphatic heterocycles. The molecule has 4 nitrogen and oxygen atoms in total. The van der Waals surface area contributed by atoms with Crippen LogP contribution in [-0.2, 0) is 19.1 Å². The molecule has 0 aromatic heterocycles. The normalized spacial score (nSPS) is 42.3. The van der Waals surface area contributed by atoms with Crippen molar-refractivity contribution >= 4 is 17.5 Å². The first kappa shape index (κ1) is 25.9. The van der Waals surface area contributed by atoms with E-state index in [0.29, 0.717) is 35.9 Å². The molecule has 0 N–H and O–H groups in total. The van der Waals surface area contributed by atoms with E-state index in [1.54, 1.807) is 0 Å². The zero-order valence-electron chi connectivity index (χ0n) is 22.5. The quantitative estimate of drug-likeness (QED) is 0.383. The first-order valence-electron chi connectivity index (χ1n) is 14.2. The maximum absolute atomic E-state index is 13.0. The summed E-state index contributed by atoms with van der Waals surface area (Å²) in [7, 11) is 0. The summed E-state index contributed by atoms with van der Waals surface area (Å²) in [5.74, 6) is 3.30. The largest absolute Gasteiger partial charge is 0.462 e. The van der Waals surface area contributed by atoms with Crippen molar-refractivity contribution in [2.75, 3.05) is 0 Å². The maximum atomic E-state index is 13.0. The van der Waals surface area contributed by atoms with Crippen molar-refractivity contribution in [3.63, 3.8) is 0 Å². The summed E-state index contributed by atoms with van der Waals surface area (Å²) in [6.45, 7) is 12.7. The Morgan fingerprint density at radius 3 is 2.24 bits per heavy atom. The summed E-state index contributed by atoms with van der Waals surface area (Å²) in [6, 6.07) is 0. The molecule has 4 heteroatoms. The predicted octanol–water partition coefficient (Wildman–Crippen LogP) is 6.79. The fourth-order valence-corrected chi connectivity index (χ4v) is 9.23. The van der Waals surface area contributed by atoms with Crippen LogP contribution in [0.5, 0.6) is 0 Å². The molecule has 4 aliphatic rings. The van der Waals surface area contributed by atoms with Gasteiger partial charge in [-0.3, -0.25) is 14.4 Å². The first-order valence-corrected chi connectivity index (χ1v) is 14.2. The number of esters is 1. The zero-order valence-corrected chi connectivity index (χ0v) is 22.5. The number of fused-ring (bicyclic) bond motifs is 5. The van der Waals surface area contributed by atoms with E-state index in [-0.39, 0.29) is 41.0 Å². The van der Waals surface area contributed by atoms with Crippen LogP contribution in [-0.4, -0.2) is 23.6 Å². The molecule has 4 saturated carbocycles. The summed E-state index contributed by atoms with van der Waals surface area (Å²) in [5.41, 5.74) is 0.543. The van der Waals surface area contributed by atoms with Gasteiger partial charge in [0, 0.05) is 18.8 Å². The fraction of sp³-hybridized carbons (Fsp3) is 0.900. The second-order valence-electron chi connectivity index (χ2n) is 13.2. The van der Waals surface area contributed by atoms with Gasteiger partial charge in [0.25, 0.3) is 0 Å². The standard InChI is InChI=1S/C30H48O4/c1-7-21(32)17-24(18(2)3)28(33)34-22-12-14-29(5)20(16-22)8-9-23-26-11-10-25(19(4)31)30(26,6)15-13-27(23)29/h18,20,22-27H,7-17H2,1-6H3/t20?,22?,23-,24?,25?,26?,27?,29-,30+/m0/s1. The van der Waals surface area contributed by atoms with Crippen LogP contribution >= 0.6 is 0 Å². The SMILES string of the molecule is CCC(=O)CC(C(=O)OC1CC[C@@]2(C)C(CC[C@@H]3C2CC[C@]2(C)C(C(C)=O)CCC32)C1)C(C)C. The Kier molecular flexibility index (Phi) is 7.38. The van der Waals surface area contributed by atoms with Crippen LogP contribution in [0.4, 0.5) is 0 Å². The van der Waals surface area contributed by atoms with E-state index in [1.807, 2.05) is 27.7 Å². The number of carbonyl (C=O) groups is 3. The number of ether oxygens (including phenoxy) is 1. The van der Waals surface area contributed by atoms with Crippen molar-refractivity contribution in [3.8, 4) is 0 Å². The highest BCUT2D eigenvalue weighted by Crippen LogP contribution is 2.67. The molecule has 0 spiro atoms. The molecule has 192 valence electrons. The van der Waals surface area contributed by atoms with Gasteiger partial charge in [-0.25, -0.2) is 0 Å². The first-order chi connectivity index (χ1) is 16.0. The zero-order chi connectivity index (χ0) is 24.8. The van der Waals surface area contributed by atoms with Gasteiger partial charge in [0.2, 0.25) is 0 Å². The van der Waals surface area contributed by atoms with E-state index in [0.717, 1.165) is 37.5 Å². The number of carbonyl (C=O) groups excluding carboxylic acids is 3. The molecule has 0 aromatic carbocycles. The Labute approximate surface area is 207 Å². The van der Waals surface area contributed by atoms with E-state index >= 15 is 0 Å². The smallest absolute Gasteiger partial charge is 0.309 e. The molecular formula is C30H48O4. The van der Waals surface area contributed by atoms with Gasteiger partial charge in [0.05, 0.1) is 5.92 Å². The fourth-order valence-electron chi connectivity index (χ4n) is 9.23. The molecule has 4 rings (SSSR count). The molecule has 0 amide bonds. The van der Waals surface area contributed by atoms with Crippen molar-refractivity contribution < 1.29 is 19.1 Å². The van der Waals surface area contributed by atoms with Gasteiger partial charge in [0.1, 0.15) is 17.7 Å². The molecule has 0 radical (unpaired) electrons. The molecule has 0 bridgehead atoms. The average Bonchev–Trinajstić information content (AvgIpc) is 3.14. The van der Waals surface area contributed by atoms with Gasteiger partial charge in [-0.15, -0.1) is 0 Å². The third-order valence-electron chi connectivity index (χ3n) is 11.3. The van der Waals surface area contributed by atoms with Gasteiger partial charge in [-0.05, 0) is 105 Å². The second-order valence-corrected chi connectivity index (χ2v) is 13.2. The number of hydrogen-bond donors (Lipinski definition) is 0. The van der Waals surface area contributed by atoms with E-state index in [9.17, 15) is 14.4 Å². The van der Waals surface area contributed by atoms with Crippen molar-refractivity contribution in [2.24, 2.45) is 52.3 Å². The highest BCUT2D eigenvalue weighted by atomic mass is 16.5. The van der Waals surface area contributed by atoms with E-state index in [1.165, 1.54) is 32.1 Å². The van der Waals surface area contributed by atoms with E-state index < -0.39 is 0 Å². The van der Waals surface area contributed by atoms with Crippen LogP contribution in [0.3, 0.4) is 0 Å². The minimum Gasteiger partial charge on any atom is -0.462 e. The summed E-state index contributed by atoms with van der Waals surface area (Å²) in [4.78, 5) is 37.4. The molecule has 34 heavy (non-hydrogen) atoms. The van der Waals surface area contributed by atoms with Crippen molar-refractivity contribution in [1.82, 2.24) is 0 Å². The van der Waals surface area contributed by atoms with Gasteiger partial charge in [-0.1, -0.05) is 34.6 Å². The number of ketones is 2. The van der Waals surface area contributed by atoms with Crippen LogP contribution < -0.4 is 0 Å². The van der Waals surface area contributed by atoms with Gasteiger partial charge >= 0.3 is 5.97 Å². The topological polar surface area (TPSA) is 60.4 Å². The molecule has 4 aliphatic carbocycles. The third-order valence-corrected chi connectivity index (χ3v) is 11.3. The molecule has 4 fully saturated rings. The molecule has 6 unspecified atom stereocenters. The minimum absolute atomic E-state index is 0.00235. The lowest BCUT2D eigenvalue weighted by Gasteiger charge is -2.61. The van der Waals surface area contributed by atoms with Crippen LogP contribution in [0, 0.1) is 52.3 Å². The molecule has 0 heterocycles.